The molecule has 0 saturated carbocycles. The van der Waals surface area contributed by atoms with Crippen LogP contribution in [0.5, 0.6) is 0 Å². The van der Waals surface area contributed by atoms with Gasteiger partial charge >= 0.3 is 0 Å². The number of hydrogen-bond acceptors (Lipinski definition) is 3. The van der Waals surface area contributed by atoms with Gasteiger partial charge in [0.05, 0.1) is 11.0 Å². The summed E-state index contributed by atoms with van der Waals surface area (Å²) < 4.78 is 7.69. The number of para-hydroxylation sites is 2. The molecule has 272 valence electrons. The van der Waals surface area contributed by atoms with E-state index in [-0.39, 0.29) is 0 Å². The number of anilines is 3. The SMILES string of the molecule is c1ccc(-c2ccc(N(c3ccc(-c4cc5c6ccccc6n(-c6ccccc6)c5c5c4sc4ccccc45)cc3)c3ccc4sc5ccccc5c4c3)cc2)cc1. The van der Waals surface area contributed by atoms with Crippen molar-refractivity contribution in [2.24, 2.45) is 0 Å². The van der Waals surface area contributed by atoms with Crippen molar-refractivity contribution in [1.82, 2.24) is 4.57 Å². The van der Waals surface area contributed by atoms with Crippen LogP contribution in [-0.2, 0) is 0 Å². The second-order valence-corrected chi connectivity index (χ2v) is 17.0. The van der Waals surface area contributed by atoms with E-state index in [1.54, 1.807) is 0 Å². The first-order valence-electron chi connectivity index (χ1n) is 19.7. The molecule has 9 aromatic carbocycles. The molecule has 12 aromatic rings. The van der Waals surface area contributed by atoms with E-state index in [2.05, 4.69) is 216 Å². The van der Waals surface area contributed by atoms with E-state index in [4.69, 9.17) is 0 Å². The predicted molar refractivity (Wildman–Crippen MR) is 252 cm³/mol. The van der Waals surface area contributed by atoms with Crippen LogP contribution in [0.25, 0.3) is 90.1 Å². The smallest absolute Gasteiger partial charge is 0.0634 e. The maximum Gasteiger partial charge on any atom is 0.0634 e. The average molecular weight is 775 g/mol. The van der Waals surface area contributed by atoms with E-state index in [0.29, 0.717) is 0 Å². The molecule has 0 unspecified atom stereocenters. The Morgan fingerprint density at radius 1 is 0.362 bits per heavy atom. The Kier molecular flexibility index (Phi) is 7.62. The van der Waals surface area contributed by atoms with Crippen molar-refractivity contribution in [2.45, 2.75) is 0 Å². The number of aromatic nitrogens is 1. The first-order chi connectivity index (χ1) is 28.8. The van der Waals surface area contributed by atoms with Crippen LogP contribution in [0, 0.1) is 0 Å². The summed E-state index contributed by atoms with van der Waals surface area (Å²) in [5, 5.41) is 7.73. The third-order valence-electron chi connectivity index (χ3n) is 11.6. The molecule has 0 amide bonds. The summed E-state index contributed by atoms with van der Waals surface area (Å²) in [4.78, 5) is 2.40. The van der Waals surface area contributed by atoms with Crippen LogP contribution in [0.2, 0.25) is 0 Å². The maximum absolute atomic E-state index is 2.47. The van der Waals surface area contributed by atoms with Gasteiger partial charge in [0.25, 0.3) is 0 Å². The first kappa shape index (κ1) is 33.2. The number of nitrogens with zero attached hydrogens (tertiary/aromatic N) is 2. The lowest BCUT2D eigenvalue weighted by Gasteiger charge is -2.26. The van der Waals surface area contributed by atoms with Crippen molar-refractivity contribution < 1.29 is 0 Å². The molecule has 0 fully saturated rings. The predicted octanol–water partition coefficient (Wildman–Crippen LogP) is 16.3. The van der Waals surface area contributed by atoms with Gasteiger partial charge in [-0.3, -0.25) is 0 Å². The summed E-state index contributed by atoms with van der Waals surface area (Å²) in [6.07, 6.45) is 0. The van der Waals surface area contributed by atoms with Crippen LogP contribution in [0.1, 0.15) is 0 Å². The molecule has 58 heavy (non-hydrogen) atoms. The lowest BCUT2D eigenvalue weighted by Crippen LogP contribution is -2.09. The minimum absolute atomic E-state index is 1.12. The highest BCUT2D eigenvalue weighted by molar-refractivity contribution is 7.26. The summed E-state index contributed by atoms with van der Waals surface area (Å²) in [7, 11) is 0. The molecule has 0 aliphatic carbocycles. The van der Waals surface area contributed by atoms with E-state index < -0.39 is 0 Å². The van der Waals surface area contributed by atoms with Gasteiger partial charge in [-0.2, -0.15) is 0 Å². The molecule has 0 N–H and O–H groups in total. The van der Waals surface area contributed by atoms with E-state index in [1.165, 1.54) is 90.1 Å². The molecule has 0 aliphatic rings. The van der Waals surface area contributed by atoms with Crippen LogP contribution in [0.3, 0.4) is 0 Å². The summed E-state index contributed by atoms with van der Waals surface area (Å²) in [5.41, 5.74) is 11.9. The fraction of sp³-hybridized carbons (Fsp3) is 0. The summed E-state index contributed by atoms with van der Waals surface area (Å²) in [6, 6.07) is 75.5. The Labute approximate surface area is 343 Å². The first-order valence-corrected chi connectivity index (χ1v) is 21.3. The molecule has 0 atom stereocenters. The van der Waals surface area contributed by atoms with Crippen molar-refractivity contribution >= 4 is 102 Å². The Balaban J connectivity index is 1.05. The normalized spacial score (nSPS) is 11.8. The van der Waals surface area contributed by atoms with Gasteiger partial charge in [-0.15, -0.1) is 22.7 Å². The van der Waals surface area contributed by atoms with Crippen LogP contribution >= 0.6 is 22.7 Å². The van der Waals surface area contributed by atoms with Crippen LogP contribution in [0.4, 0.5) is 17.1 Å². The van der Waals surface area contributed by atoms with Crippen molar-refractivity contribution in [3.05, 3.63) is 206 Å². The minimum atomic E-state index is 1.12. The fourth-order valence-corrected chi connectivity index (χ4v) is 11.2. The van der Waals surface area contributed by atoms with Gasteiger partial charge in [-0.05, 0) is 95.6 Å². The molecule has 12 rings (SSSR count). The fourth-order valence-electron chi connectivity index (χ4n) is 8.92. The van der Waals surface area contributed by atoms with Crippen molar-refractivity contribution in [3.8, 4) is 27.9 Å². The Morgan fingerprint density at radius 2 is 0.914 bits per heavy atom. The topological polar surface area (TPSA) is 8.17 Å². The molecule has 0 spiro atoms. The zero-order chi connectivity index (χ0) is 38.2. The quantitative estimate of drug-likeness (QED) is 0.163. The Bertz CT molecular complexity index is 3480. The van der Waals surface area contributed by atoms with Gasteiger partial charge in [0.2, 0.25) is 0 Å². The molecular formula is C54H34N2S2. The van der Waals surface area contributed by atoms with Gasteiger partial charge < -0.3 is 9.47 Å². The molecule has 3 heterocycles. The number of benzene rings is 9. The number of thiophene rings is 2. The highest BCUT2D eigenvalue weighted by atomic mass is 32.1. The van der Waals surface area contributed by atoms with Gasteiger partial charge in [0, 0.05) is 79.4 Å². The van der Waals surface area contributed by atoms with Gasteiger partial charge in [-0.1, -0.05) is 127 Å². The number of hydrogen-bond donors (Lipinski definition) is 0. The second-order valence-electron chi connectivity index (χ2n) is 14.9. The van der Waals surface area contributed by atoms with Crippen molar-refractivity contribution in [2.75, 3.05) is 4.90 Å². The van der Waals surface area contributed by atoms with Crippen LogP contribution in [-0.4, -0.2) is 4.57 Å². The summed E-state index contributed by atoms with van der Waals surface area (Å²) >= 11 is 3.75. The largest absolute Gasteiger partial charge is 0.310 e. The van der Waals surface area contributed by atoms with Crippen LogP contribution < -0.4 is 4.90 Å². The van der Waals surface area contributed by atoms with E-state index >= 15 is 0 Å². The zero-order valence-electron chi connectivity index (χ0n) is 31.3. The Morgan fingerprint density at radius 3 is 1.66 bits per heavy atom. The van der Waals surface area contributed by atoms with E-state index in [1.807, 2.05) is 22.7 Å². The zero-order valence-corrected chi connectivity index (χ0v) is 33.0. The van der Waals surface area contributed by atoms with E-state index in [0.717, 1.165) is 17.1 Å². The molecule has 3 aromatic heterocycles. The van der Waals surface area contributed by atoms with Crippen LogP contribution in [0.15, 0.2) is 206 Å². The summed E-state index contributed by atoms with van der Waals surface area (Å²) in [6.45, 7) is 0. The monoisotopic (exact) mass is 774 g/mol. The number of rotatable bonds is 6. The Hall–Kier alpha value is -6.98. The van der Waals surface area contributed by atoms with Gasteiger partial charge in [0.15, 0.2) is 0 Å². The van der Waals surface area contributed by atoms with Crippen molar-refractivity contribution in [1.29, 1.82) is 0 Å². The molecule has 0 radical (unpaired) electrons. The third-order valence-corrected chi connectivity index (χ3v) is 13.9. The molecular weight excluding hydrogens is 741 g/mol. The minimum Gasteiger partial charge on any atom is -0.310 e. The second kappa shape index (κ2) is 13.3. The lowest BCUT2D eigenvalue weighted by atomic mass is 9.98. The number of fused-ring (bicyclic) bond motifs is 10. The third kappa shape index (κ3) is 5.23. The maximum atomic E-state index is 2.47. The average Bonchev–Trinajstić information content (AvgIpc) is 3.97. The standard InChI is InChI=1S/C54H34N2S2/c1-3-13-35(14-4-1)36-23-27-39(28-24-36)55(41-31-32-51-46(33-41)43-18-8-11-21-49(43)57-51)40-29-25-37(26-30-40)45-34-47-42-17-7-10-20-48(42)56(38-15-5-2-6-16-38)53(47)52-44-19-9-12-22-50(44)58-54(45)52/h1-34H. The molecule has 2 nitrogen and oxygen atoms in total. The molecule has 0 aliphatic heterocycles. The molecule has 0 saturated heterocycles. The highest BCUT2D eigenvalue weighted by Crippen LogP contribution is 2.48. The highest BCUT2D eigenvalue weighted by Gasteiger charge is 2.22. The summed E-state index contributed by atoms with van der Waals surface area (Å²) in [5.74, 6) is 0. The van der Waals surface area contributed by atoms with Crippen molar-refractivity contribution in [3.63, 3.8) is 0 Å². The van der Waals surface area contributed by atoms with E-state index in [9.17, 15) is 0 Å². The lowest BCUT2D eigenvalue weighted by molar-refractivity contribution is 1.19. The molecule has 0 bridgehead atoms. The van der Waals surface area contributed by atoms with Gasteiger partial charge in [0.1, 0.15) is 0 Å². The van der Waals surface area contributed by atoms with Gasteiger partial charge in [-0.25, -0.2) is 0 Å². The molecule has 4 heteroatoms.